The molecule has 1 aliphatic rings. The number of carbonyl (C=O) groups excluding carboxylic acids is 2. The largest absolute Gasteiger partial charge is 0.333 e. The molecule has 0 radical (unpaired) electrons. The van der Waals surface area contributed by atoms with E-state index in [1.807, 2.05) is 42.5 Å². The van der Waals surface area contributed by atoms with Crippen LogP contribution in [-0.4, -0.2) is 18.0 Å². The van der Waals surface area contributed by atoms with E-state index < -0.39 is 6.03 Å². The van der Waals surface area contributed by atoms with Crippen molar-refractivity contribution in [3.8, 4) is 0 Å². The molecule has 0 heterocycles. The Morgan fingerprint density at radius 3 is 2.46 bits per heavy atom. The number of hydrogen-bond donors (Lipinski definition) is 3. The molecule has 0 bridgehead atoms. The topological polar surface area (TPSA) is 70.2 Å². The number of fused-ring (bicyclic) bond motifs is 1. The van der Waals surface area contributed by atoms with E-state index in [0.717, 1.165) is 28.3 Å². The number of nitrogens with one attached hydrogen (secondary N) is 3. The molecule has 6 heteroatoms. The fourth-order valence-corrected chi connectivity index (χ4v) is 3.34. The summed E-state index contributed by atoms with van der Waals surface area (Å²) in [6, 6.07) is 19.6. The van der Waals surface area contributed by atoms with Crippen molar-refractivity contribution in [2.75, 3.05) is 0 Å². The Morgan fingerprint density at radius 2 is 1.68 bits per heavy atom. The Balaban J connectivity index is 1.23. The predicted molar refractivity (Wildman–Crippen MR) is 105 cm³/mol. The van der Waals surface area contributed by atoms with Crippen molar-refractivity contribution in [2.45, 2.75) is 24.8 Å². The first kappa shape index (κ1) is 18.0. The third-order valence-electron chi connectivity index (χ3n) is 4.90. The molecule has 28 heavy (non-hydrogen) atoms. The number of halogens is 1. The third kappa shape index (κ3) is 4.28. The van der Waals surface area contributed by atoms with Crippen molar-refractivity contribution >= 4 is 22.7 Å². The van der Waals surface area contributed by atoms with E-state index in [2.05, 4.69) is 16.2 Å². The molecule has 3 aromatic rings. The van der Waals surface area contributed by atoms with Gasteiger partial charge in [0.25, 0.3) is 0 Å². The maximum absolute atomic E-state index is 13.0. The van der Waals surface area contributed by atoms with E-state index in [9.17, 15) is 14.0 Å². The molecule has 0 spiro atoms. The van der Waals surface area contributed by atoms with Gasteiger partial charge in [0.05, 0.1) is 6.42 Å². The van der Waals surface area contributed by atoms with Crippen molar-refractivity contribution in [2.24, 2.45) is 0 Å². The van der Waals surface area contributed by atoms with Crippen LogP contribution in [0.3, 0.4) is 0 Å². The number of hydrazine groups is 1. The summed E-state index contributed by atoms with van der Waals surface area (Å²) in [5.74, 6) is -0.392. The molecule has 0 saturated heterocycles. The molecule has 5 nitrogen and oxygen atoms in total. The zero-order chi connectivity index (χ0) is 19.5. The monoisotopic (exact) mass is 377 g/mol. The Labute approximate surface area is 161 Å². The van der Waals surface area contributed by atoms with E-state index in [0.29, 0.717) is 0 Å². The predicted octanol–water partition coefficient (Wildman–Crippen LogP) is 3.41. The van der Waals surface area contributed by atoms with Crippen LogP contribution in [-0.2, 0) is 11.2 Å². The van der Waals surface area contributed by atoms with Crippen LogP contribution in [0, 0.1) is 5.82 Å². The minimum absolute atomic E-state index is 0.0112. The van der Waals surface area contributed by atoms with Crippen LogP contribution in [0.1, 0.15) is 23.5 Å². The summed E-state index contributed by atoms with van der Waals surface area (Å²) in [6.45, 7) is 0. The summed E-state index contributed by atoms with van der Waals surface area (Å²) in [5, 5.41) is 4.99. The molecule has 1 aliphatic carbocycles. The highest BCUT2D eigenvalue weighted by molar-refractivity contribution is 5.86. The second kappa shape index (κ2) is 7.68. The molecule has 142 valence electrons. The molecule has 0 unspecified atom stereocenters. The fourth-order valence-electron chi connectivity index (χ4n) is 3.34. The number of hydrogen-bond acceptors (Lipinski definition) is 2. The van der Waals surface area contributed by atoms with Gasteiger partial charge in [0.1, 0.15) is 5.82 Å². The number of benzene rings is 3. The lowest BCUT2D eigenvalue weighted by Crippen LogP contribution is -2.48. The van der Waals surface area contributed by atoms with Crippen LogP contribution in [0.15, 0.2) is 66.7 Å². The second-order valence-corrected chi connectivity index (χ2v) is 7.01. The van der Waals surface area contributed by atoms with Gasteiger partial charge in [-0.1, -0.05) is 54.6 Å². The fraction of sp³-hybridized carbons (Fsp3) is 0.182. The zero-order valence-electron chi connectivity index (χ0n) is 15.1. The molecule has 0 aliphatic heterocycles. The Hall–Kier alpha value is -3.41. The quantitative estimate of drug-likeness (QED) is 0.610. The highest BCUT2D eigenvalue weighted by Gasteiger charge is 2.39. The van der Waals surface area contributed by atoms with Crippen molar-refractivity contribution < 1.29 is 14.0 Å². The number of carbonyl (C=O) groups is 2. The van der Waals surface area contributed by atoms with E-state index in [4.69, 9.17) is 0 Å². The van der Waals surface area contributed by atoms with Gasteiger partial charge in [-0.25, -0.2) is 14.6 Å². The third-order valence-corrected chi connectivity index (χ3v) is 4.90. The first-order chi connectivity index (χ1) is 13.6. The van der Waals surface area contributed by atoms with Crippen molar-refractivity contribution in [1.82, 2.24) is 16.2 Å². The lowest BCUT2D eigenvalue weighted by molar-refractivity contribution is -0.121. The van der Waals surface area contributed by atoms with E-state index in [-0.39, 0.29) is 30.1 Å². The molecule has 3 amide bonds. The van der Waals surface area contributed by atoms with E-state index in [1.165, 1.54) is 12.1 Å². The van der Waals surface area contributed by atoms with Gasteiger partial charge in [-0.3, -0.25) is 10.2 Å². The van der Waals surface area contributed by atoms with Gasteiger partial charge in [0, 0.05) is 12.0 Å². The van der Waals surface area contributed by atoms with Gasteiger partial charge in [-0.05, 0) is 40.5 Å². The van der Waals surface area contributed by atoms with Gasteiger partial charge >= 0.3 is 6.03 Å². The lowest BCUT2D eigenvalue weighted by Gasteiger charge is -2.09. The number of amides is 3. The van der Waals surface area contributed by atoms with Crippen molar-refractivity contribution in [3.05, 3.63) is 83.7 Å². The summed E-state index contributed by atoms with van der Waals surface area (Å²) in [5.41, 5.74) is 6.67. The second-order valence-electron chi connectivity index (χ2n) is 7.01. The highest BCUT2D eigenvalue weighted by Crippen LogP contribution is 2.40. The SMILES string of the molecule is O=C(Cc1ccc2ccccc2c1)NNC(=O)N[C@@H]1C[C@H]1c1ccc(F)cc1. The minimum Gasteiger partial charge on any atom is -0.333 e. The maximum Gasteiger partial charge on any atom is 0.333 e. The zero-order valence-corrected chi connectivity index (χ0v) is 15.1. The molecule has 1 fully saturated rings. The van der Waals surface area contributed by atoms with Crippen LogP contribution in [0.2, 0.25) is 0 Å². The molecular formula is C22H20FN3O2. The summed E-state index contributed by atoms with van der Waals surface area (Å²) < 4.78 is 13.0. The van der Waals surface area contributed by atoms with Gasteiger partial charge in [-0.2, -0.15) is 0 Å². The van der Waals surface area contributed by atoms with Crippen molar-refractivity contribution in [3.63, 3.8) is 0 Å². The minimum atomic E-state index is -0.457. The number of urea groups is 1. The summed E-state index contributed by atoms with van der Waals surface area (Å²) >= 11 is 0. The summed E-state index contributed by atoms with van der Waals surface area (Å²) in [4.78, 5) is 24.0. The molecule has 2 atom stereocenters. The Bertz CT molecular complexity index is 1020. The standard InChI is InChI=1S/C22H20FN3O2/c23-18-9-7-16(8-10-18)19-13-20(19)24-22(28)26-25-21(27)12-14-5-6-15-3-1-2-4-17(15)11-14/h1-11,19-20H,12-13H2,(H,25,27)(H2,24,26,28)/t19-,20+/m0/s1. The van der Waals surface area contributed by atoms with Gasteiger partial charge in [0.15, 0.2) is 0 Å². The van der Waals surface area contributed by atoms with E-state index >= 15 is 0 Å². The lowest BCUT2D eigenvalue weighted by atomic mass is 10.1. The summed E-state index contributed by atoms with van der Waals surface area (Å²) in [6.07, 6.45) is 0.969. The molecular weight excluding hydrogens is 357 g/mol. The smallest absolute Gasteiger partial charge is 0.333 e. The van der Waals surface area contributed by atoms with Gasteiger partial charge in [-0.15, -0.1) is 0 Å². The van der Waals surface area contributed by atoms with Crippen LogP contribution in [0.4, 0.5) is 9.18 Å². The van der Waals surface area contributed by atoms with Crippen LogP contribution in [0.5, 0.6) is 0 Å². The Morgan fingerprint density at radius 1 is 0.929 bits per heavy atom. The van der Waals surface area contributed by atoms with Crippen LogP contribution in [0.25, 0.3) is 10.8 Å². The highest BCUT2D eigenvalue weighted by atomic mass is 19.1. The van der Waals surface area contributed by atoms with Crippen LogP contribution < -0.4 is 16.2 Å². The molecule has 3 N–H and O–H groups in total. The molecule has 0 aromatic heterocycles. The average Bonchev–Trinajstić information content (AvgIpc) is 3.46. The van der Waals surface area contributed by atoms with Gasteiger partial charge in [0.2, 0.25) is 5.91 Å². The molecule has 1 saturated carbocycles. The number of rotatable bonds is 4. The average molecular weight is 377 g/mol. The summed E-state index contributed by atoms with van der Waals surface area (Å²) in [7, 11) is 0. The molecule has 3 aromatic carbocycles. The normalized spacial score (nSPS) is 17.8. The van der Waals surface area contributed by atoms with Gasteiger partial charge < -0.3 is 5.32 Å². The molecule has 4 rings (SSSR count). The van der Waals surface area contributed by atoms with E-state index in [1.54, 1.807) is 12.1 Å². The van der Waals surface area contributed by atoms with Crippen LogP contribution >= 0.6 is 0 Å². The first-order valence-electron chi connectivity index (χ1n) is 9.17. The first-order valence-corrected chi connectivity index (χ1v) is 9.17. The van der Waals surface area contributed by atoms with Crippen molar-refractivity contribution in [1.29, 1.82) is 0 Å². The Kier molecular flexibility index (Phi) is 4.93. The maximum atomic E-state index is 13.0.